The van der Waals surface area contributed by atoms with Crippen LogP contribution in [0.1, 0.15) is 38.2 Å². The first-order valence-electron chi connectivity index (χ1n) is 4.85. The van der Waals surface area contributed by atoms with Gasteiger partial charge in [-0.15, -0.1) is 11.8 Å². The van der Waals surface area contributed by atoms with E-state index in [4.69, 9.17) is 5.26 Å². The molecule has 1 aromatic heterocycles. The minimum atomic E-state index is 0.732. The van der Waals surface area contributed by atoms with Crippen molar-refractivity contribution >= 4 is 23.3 Å². The molecular formula is C10H14N2S2. The molecule has 76 valence electrons. The summed E-state index contributed by atoms with van der Waals surface area (Å²) in [5.74, 6) is 1.08. The summed E-state index contributed by atoms with van der Waals surface area (Å²) in [6, 6.07) is 2.15. The van der Waals surface area contributed by atoms with Crippen molar-refractivity contribution in [1.82, 2.24) is 4.37 Å². The Morgan fingerprint density at radius 1 is 1.50 bits per heavy atom. The predicted molar refractivity (Wildman–Crippen MR) is 61.7 cm³/mol. The number of nitriles is 1. The molecule has 14 heavy (non-hydrogen) atoms. The lowest BCUT2D eigenvalue weighted by molar-refractivity contribution is 0.706. The molecule has 0 atom stereocenters. The van der Waals surface area contributed by atoms with Crippen LogP contribution in [-0.2, 0) is 0 Å². The maximum Gasteiger partial charge on any atom is 0.128 e. The van der Waals surface area contributed by atoms with Crippen molar-refractivity contribution in [2.24, 2.45) is 0 Å². The molecule has 0 N–H and O–H groups in total. The number of thioether (sulfide) groups is 1. The predicted octanol–water partition coefficient (Wildman–Crippen LogP) is 3.69. The Hall–Kier alpha value is -0.530. The van der Waals surface area contributed by atoms with Gasteiger partial charge in [0.1, 0.15) is 11.1 Å². The Labute approximate surface area is 93.5 Å². The third-order valence-electron chi connectivity index (χ3n) is 1.89. The van der Waals surface area contributed by atoms with Crippen LogP contribution in [0.3, 0.4) is 0 Å². The molecule has 0 aliphatic carbocycles. The summed E-state index contributed by atoms with van der Waals surface area (Å²) in [6.07, 6.45) is 5.09. The number of hydrogen-bond donors (Lipinski definition) is 0. The van der Waals surface area contributed by atoms with Gasteiger partial charge in [-0.25, -0.2) is 0 Å². The Morgan fingerprint density at radius 2 is 2.36 bits per heavy atom. The standard InChI is InChI=1S/C10H14N2S2/c1-2-3-4-5-6-13-10-9(7-11)8-14-12-10/h8H,2-6H2,1H3. The van der Waals surface area contributed by atoms with Gasteiger partial charge in [0, 0.05) is 5.38 Å². The Morgan fingerprint density at radius 3 is 3.07 bits per heavy atom. The molecule has 1 heterocycles. The fourth-order valence-electron chi connectivity index (χ4n) is 1.10. The molecule has 0 spiro atoms. The molecule has 0 aliphatic heterocycles. The van der Waals surface area contributed by atoms with Crippen molar-refractivity contribution in [1.29, 1.82) is 5.26 Å². The van der Waals surface area contributed by atoms with Crippen LogP contribution in [0.4, 0.5) is 0 Å². The van der Waals surface area contributed by atoms with Crippen LogP contribution in [0.25, 0.3) is 0 Å². The van der Waals surface area contributed by atoms with Gasteiger partial charge in [-0.05, 0) is 23.7 Å². The lowest BCUT2D eigenvalue weighted by Crippen LogP contribution is -1.82. The van der Waals surface area contributed by atoms with Gasteiger partial charge < -0.3 is 0 Å². The second kappa shape index (κ2) is 6.86. The van der Waals surface area contributed by atoms with Crippen LogP contribution in [0, 0.1) is 11.3 Å². The average molecular weight is 226 g/mol. The van der Waals surface area contributed by atoms with E-state index in [1.54, 1.807) is 11.8 Å². The summed E-state index contributed by atoms with van der Waals surface area (Å²) in [5, 5.41) is 11.5. The van der Waals surface area contributed by atoms with E-state index >= 15 is 0 Å². The summed E-state index contributed by atoms with van der Waals surface area (Å²) in [6.45, 7) is 2.21. The van der Waals surface area contributed by atoms with Gasteiger partial charge in [-0.3, -0.25) is 0 Å². The van der Waals surface area contributed by atoms with Crippen molar-refractivity contribution < 1.29 is 0 Å². The van der Waals surface area contributed by atoms with E-state index in [2.05, 4.69) is 17.4 Å². The highest BCUT2D eigenvalue weighted by molar-refractivity contribution is 7.99. The van der Waals surface area contributed by atoms with Crippen LogP contribution in [0.15, 0.2) is 10.4 Å². The molecule has 4 heteroatoms. The Bertz CT molecular complexity index is 301. The molecule has 1 aromatic rings. The molecule has 0 bridgehead atoms. The number of aromatic nitrogens is 1. The monoisotopic (exact) mass is 226 g/mol. The normalized spacial score (nSPS) is 10.0. The molecular weight excluding hydrogens is 212 g/mol. The first-order valence-corrected chi connectivity index (χ1v) is 6.68. The van der Waals surface area contributed by atoms with E-state index in [9.17, 15) is 0 Å². The van der Waals surface area contributed by atoms with E-state index in [0.717, 1.165) is 16.3 Å². The largest absolute Gasteiger partial charge is 0.192 e. The zero-order valence-corrected chi connectivity index (χ0v) is 9.96. The molecule has 0 amide bonds. The zero-order chi connectivity index (χ0) is 10.2. The van der Waals surface area contributed by atoms with Crippen molar-refractivity contribution in [3.63, 3.8) is 0 Å². The van der Waals surface area contributed by atoms with Gasteiger partial charge in [-0.2, -0.15) is 9.64 Å². The maximum absolute atomic E-state index is 8.75. The molecule has 0 saturated carbocycles. The summed E-state index contributed by atoms with van der Waals surface area (Å²) >= 11 is 3.07. The molecule has 0 radical (unpaired) electrons. The molecule has 0 fully saturated rings. The third-order valence-corrected chi connectivity index (χ3v) is 3.72. The SMILES string of the molecule is CCCCCCSc1nscc1C#N. The second-order valence-electron chi connectivity index (χ2n) is 3.05. The average Bonchev–Trinajstić information content (AvgIpc) is 2.65. The quantitative estimate of drug-likeness (QED) is 0.548. The number of unbranched alkanes of at least 4 members (excludes halogenated alkanes) is 3. The van der Waals surface area contributed by atoms with Crippen molar-refractivity contribution in [2.45, 2.75) is 37.6 Å². The fourth-order valence-corrected chi connectivity index (χ4v) is 2.84. The highest BCUT2D eigenvalue weighted by Crippen LogP contribution is 2.23. The van der Waals surface area contributed by atoms with Crippen LogP contribution < -0.4 is 0 Å². The molecule has 0 saturated heterocycles. The van der Waals surface area contributed by atoms with Gasteiger partial charge in [0.25, 0.3) is 0 Å². The molecule has 0 aromatic carbocycles. The van der Waals surface area contributed by atoms with Gasteiger partial charge in [0.05, 0.1) is 5.56 Å². The Kier molecular flexibility index (Phi) is 5.65. The molecule has 0 aliphatic rings. The fraction of sp³-hybridized carbons (Fsp3) is 0.600. The second-order valence-corrected chi connectivity index (χ2v) is 4.77. The first kappa shape index (κ1) is 11.5. The minimum Gasteiger partial charge on any atom is -0.192 e. The summed E-state index contributed by atoms with van der Waals surface area (Å²) < 4.78 is 4.19. The first-order chi connectivity index (χ1) is 6.88. The zero-order valence-electron chi connectivity index (χ0n) is 8.32. The van der Waals surface area contributed by atoms with Gasteiger partial charge in [0.2, 0.25) is 0 Å². The highest BCUT2D eigenvalue weighted by Gasteiger charge is 2.04. The lowest BCUT2D eigenvalue weighted by Gasteiger charge is -1.97. The van der Waals surface area contributed by atoms with Crippen molar-refractivity contribution in [2.75, 3.05) is 5.75 Å². The Balaban J connectivity index is 2.22. The summed E-state index contributed by atoms with van der Waals surface area (Å²) in [5.41, 5.74) is 0.732. The number of hydrogen-bond acceptors (Lipinski definition) is 4. The minimum absolute atomic E-state index is 0.732. The number of nitrogens with zero attached hydrogens (tertiary/aromatic N) is 2. The van der Waals surface area contributed by atoms with Crippen molar-refractivity contribution in [3.8, 4) is 6.07 Å². The van der Waals surface area contributed by atoms with E-state index in [1.165, 1.54) is 37.2 Å². The van der Waals surface area contributed by atoms with Crippen molar-refractivity contribution in [3.05, 3.63) is 10.9 Å². The van der Waals surface area contributed by atoms with E-state index < -0.39 is 0 Å². The molecule has 1 rings (SSSR count). The molecule has 2 nitrogen and oxygen atoms in total. The number of rotatable bonds is 6. The highest BCUT2D eigenvalue weighted by atomic mass is 32.2. The third kappa shape index (κ3) is 3.69. The van der Waals surface area contributed by atoms with E-state index in [-0.39, 0.29) is 0 Å². The van der Waals surface area contributed by atoms with E-state index in [1.807, 2.05) is 5.38 Å². The van der Waals surface area contributed by atoms with Gasteiger partial charge in [0.15, 0.2) is 0 Å². The maximum atomic E-state index is 8.75. The van der Waals surface area contributed by atoms with Crippen LogP contribution in [-0.4, -0.2) is 10.1 Å². The van der Waals surface area contributed by atoms with Crippen LogP contribution in [0.2, 0.25) is 0 Å². The van der Waals surface area contributed by atoms with E-state index in [0.29, 0.717) is 0 Å². The lowest BCUT2D eigenvalue weighted by atomic mass is 10.2. The van der Waals surface area contributed by atoms with Crippen LogP contribution >= 0.6 is 23.3 Å². The van der Waals surface area contributed by atoms with Crippen LogP contribution in [0.5, 0.6) is 0 Å². The summed E-state index contributed by atoms with van der Waals surface area (Å²) in [7, 11) is 0. The summed E-state index contributed by atoms with van der Waals surface area (Å²) in [4.78, 5) is 0. The van der Waals surface area contributed by atoms with Gasteiger partial charge >= 0.3 is 0 Å². The topological polar surface area (TPSA) is 36.7 Å². The van der Waals surface area contributed by atoms with Gasteiger partial charge in [-0.1, -0.05) is 26.2 Å². The molecule has 0 unspecified atom stereocenters. The smallest absolute Gasteiger partial charge is 0.128 e.